The monoisotopic (exact) mass is 316 g/mol. The van der Waals surface area contributed by atoms with Gasteiger partial charge in [0.1, 0.15) is 0 Å². The van der Waals surface area contributed by atoms with Crippen LogP contribution in [0, 0.1) is 13.8 Å². The van der Waals surface area contributed by atoms with E-state index in [4.69, 9.17) is 16.5 Å². The maximum Gasteiger partial charge on any atom is 0.0870 e. The van der Waals surface area contributed by atoms with Gasteiger partial charge in [0.2, 0.25) is 0 Å². The molecule has 1 aliphatic heterocycles. The summed E-state index contributed by atoms with van der Waals surface area (Å²) in [5.74, 6) is 0. The lowest BCUT2D eigenvalue weighted by Gasteiger charge is -2.19. The zero-order valence-corrected chi connectivity index (χ0v) is 13.7. The van der Waals surface area contributed by atoms with Crippen LogP contribution < -0.4 is 11.5 Å². The van der Waals surface area contributed by atoms with Crippen molar-refractivity contribution in [2.75, 3.05) is 12.3 Å². The molecule has 1 aromatic carbocycles. The highest BCUT2D eigenvalue weighted by atomic mass is 35.5. The van der Waals surface area contributed by atoms with Crippen LogP contribution in [0.2, 0.25) is 0 Å². The van der Waals surface area contributed by atoms with Crippen LogP contribution in [0.5, 0.6) is 0 Å². The minimum atomic E-state index is 0. The van der Waals surface area contributed by atoms with E-state index >= 15 is 0 Å². The number of benzene rings is 1. The summed E-state index contributed by atoms with van der Waals surface area (Å²) >= 11 is 0. The first-order valence-electron chi connectivity index (χ1n) is 7.23. The van der Waals surface area contributed by atoms with Crippen LogP contribution in [0.15, 0.2) is 45.5 Å². The smallest absolute Gasteiger partial charge is 0.0870 e. The second kappa shape index (κ2) is 6.36. The molecular formula is C17H21ClN4. The lowest BCUT2D eigenvalue weighted by molar-refractivity contribution is 0.816. The molecule has 22 heavy (non-hydrogen) atoms. The average Bonchev–Trinajstić information content (AvgIpc) is 2.48. The quantitative estimate of drug-likeness (QED) is 0.615. The van der Waals surface area contributed by atoms with Gasteiger partial charge in [-0.1, -0.05) is 0 Å². The molecule has 2 aliphatic rings. The Morgan fingerprint density at radius 2 is 1.86 bits per heavy atom. The molecule has 0 unspecified atom stereocenters. The van der Waals surface area contributed by atoms with E-state index in [0.29, 0.717) is 5.70 Å². The molecule has 0 aromatic heterocycles. The second-order valence-corrected chi connectivity index (χ2v) is 5.56. The van der Waals surface area contributed by atoms with Gasteiger partial charge in [0, 0.05) is 12.2 Å². The highest BCUT2D eigenvalue weighted by Gasteiger charge is 2.18. The largest absolute Gasteiger partial charge is 0.399 e. The Balaban J connectivity index is 0.00000176. The Morgan fingerprint density at radius 3 is 2.64 bits per heavy atom. The number of hydrogen-bond acceptors (Lipinski definition) is 4. The Bertz CT molecular complexity index is 726. The number of halogens is 1. The summed E-state index contributed by atoms with van der Waals surface area (Å²) in [6.07, 6.45) is 6.14. The number of anilines is 1. The van der Waals surface area contributed by atoms with Gasteiger partial charge >= 0.3 is 0 Å². The van der Waals surface area contributed by atoms with Crippen LogP contribution in [-0.2, 0) is 0 Å². The van der Waals surface area contributed by atoms with Crippen molar-refractivity contribution < 1.29 is 0 Å². The molecule has 4 N–H and O–H groups in total. The van der Waals surface area contributed by atoms with Crippen LogP contribution in [0.3, 0.4) is 0 Å². The summed E-state index contributed by atoms with van der Waals surface area (Å²) in [5, 5.41) is 0. The third-order valence-electron chi connectivity index (χ3n) is 4.16. The van der Waals surface area contributed by atoms with E-state index in [2.05, 4.69) is 11.1 Å². The molecule has 1 heterocycles. The predicted octanol–water partition coefficient (Wildman–Crippen LogP) is 3.40. The fraction of sp³-hybridized carbons (Fsp3) is 0.294. The summed E-state index contributed by atoms with van der Waals surface area (Å²) in [7, 11) is 0. The van der Waals surface area contributed by atoms with Crippen molar-refractivity contribution in [3.05, 3.63) is 46.7 Å². The van der Waals surface area contributed by atoms with E-state index in [-0.39, 0.29) is 12.4 Å². The number of rotatable bonds is 1. The Hall–Kier alpha value is -2.07. The lowest BCUT2D eigenvalue weighted by Crippen LogP contribution is -2.21. The molecule has 0 atom stereocenters. The van der Waals surface area contributed by atoms with Crippen molar-refractivity contribution in [1.82, 2.24) is 0 Å². The van der Waals surface area contributed by atoms with Gasteiger partial charge in [0.25, 0.3) is 0 Å². The van der Waals surface area contributed by atoms with Gasteiger partial charge in [0.15, 0.2) is 0 Å². The zero-order valence-electron chi connectivity index (χ0n) is 12.9. The van der Waals surface area contributed by atoms with Crippen molar-refractivity contribution in [3.63, 3.8) is 0 Å². The van der Waals surface area contributed by atoms with Crippen molar-refractivity contribution in [1.29, 1.82) is 0 Å². The summed E-state index contributed by atoms with van der Waals surface area (Å²) in [5.41, 5.74) is 19.7. The first-order valence-corrected chi connectivity index (χ1v) is 7.23. The molecule has 5 heteroatoms. The number of fused-ring (bicyclic) bond motifs is 1. The van der Waals surface area contributed by atoms with Crippen molar-refractivity contribution in [2.24, 2.45) is 15.7 Å². The molecule has 4 nitrogen and oxygen atoms in total. The number of nitrogen functional groups attached to an aromatic ring is 1. The van der Waals surface area contributed by atoms with Gasteiger partial charge in [-0.2, -0.15) is 0 Å². The summed E-state index contributed by atoms with van der Waals surface area (Å²) in [6, 6.07) is 3.84. The van der Waals surface area contributed by atoms with Crippen molar-refractivity contribution in [2.45, 2.75) is 26.7 Å². The van der Waals surface area contributed by atoms with Gasteiger partial charge in [-0.05, 0) is 67.7 Å². The molecule has 0 bridgehead atoms. The third-order valence-corrected chi connectivity index (χ3v) is 4.16. The first kappa shape index (κ1) is 16.3. The fourth-order valence-corrected chi connectivity index (χ4v) is 2.63. The normalized spacial score (nSPS) is 18.8. The van der Waals surface area contributed by atoms with Gasteiger partial charge in [0.05, 0.1) is 22.8 Å². The number of aliphatic imine (C=N–C) groups is 2. The van der Waals surface area contributed by atoms with E-state index in [1.807, 2.05) is 32.1 Å². The van der Waals surface area contributed by atoms with Crippen molar-refractivity contribution in [3.8, 4) is 0 Å². The number of hydrogen-bond donors (Lipinski definition) is 2. The van der Waals surface area contributed by atoms with Crippen LogP contribution in [0.1, 0.15) is 24.0 Å². The Kier molecular flexibility index (Phi) is 4.71. The predicted molar refractivity (Wildman–Crippen MR) is 96.6 cm³/mol. The number of nitrogens with two attached hydrogens (primary N) is 2. The van der Waals surface area contributed by atoms with Gasteiger partial charge in [-0.3, -0.25) is 4.99 Å². The number of nitrogens with zero attached hydrogens (tertiary/aromatic N) is 2. The molecular weight excluding hydrogens is 296 g/mol. The third kappa shape index (κ3) is 2.92. The lowest BCUT2D eigenvalue weighted by atomic mass is 9.94. The maximum absolute atomic E-state index is 6.13. The van der Waals surface area contributed by atoms with E-state index in [9.17, 15) is 0 Å². The molecule has 0 amide bonds. The Labute approximate surface area is 137 Å². The van der Waals surface area contributed by atoms with E-state index in [0.717, 1.165) is 53.3 Å². The second-order valence-electron chi connectivity index (χ2n) is 5.56. The highest BCUT2D eigenvalue weighted by molar-refractivity contribution is 6.24. The van der Waals surface area contributed by atoms with Crippen LogP contribution in [0.4, 0.5) is 11.4 Å². The molecule has 0 fully saturated rings. The van der Waals surface area contributed by atoms with Gasteiger partial charge in [-0.25, -0.2) is 4.99 Å². The molecule has 1 aromatic rings. The van der Waals surface area contributed by atoms with E-state index in [1.54, 1.807) is 0 Å². The minimum Gasteiger partial charge on any atom is -0.399 e. The SMILES string of the molecule is Cc1c(N)ccc(N=C2C=C3CCCN=C3C=C2N)c1C.Cl. The molecule has 3 rings (SSSR count). The van der Waals surface area contributed by atoms with Crippen LogP contribution >= 0.6 is 12.4 Å². The van der Waals surface area contributed by atoms with Crippen LogP contribution in [0.25, 0.3) is 0 Å². The average molecular weight is 317 g/mol. The van der Waals surface area contributed by atoms with Crippen molar-refractivity contribution >= 4 is 35.2 Å². The minimum absolute atomic E-state index is 0. The maximum atomic E-state index is 6.13. The highest BCUT2D eigenvalue weighted by Crippen LogP contribution is 2.28. The zero-order chi connectivity index (χ0) is 15.0. The van der Waals surface area contributed by atoms with E-state index < -0.39 is 0 Å². The number of allylic oxidation sites excluding steroid dienone is 3. The molecule has 0 spiro atoms. The molecule has 1 aliphatic carbocycles. The fourth-order valence-electron chi connectivity index (χ4n) is 2.63. The molecule has 0 saturated carbocycles. The van der Waals surface area contributed by atoms with Gasteiger partial charge < -0.3 is 11.5 Å². The molecule has 116 valence electrons. The first-order chi connectivity index (χ1) is 10.1. The van der Waals surface area contributed by atoms with Crippen LogP contribution in [-0.4, -0.2) is 18.0 Å². The standard InChI is InChI=1S/C17H20N4.ClH/c1-10-11(2)15(6-5-13(10)18)21-17-8-12-4-3-7-20-16(12)9-14(17)19;/h5-6,8-9H,3-4,7,18-19H2,1-2H3;1H. The Morgan fingerprint density at radius 1 is 1.09 bits per heavy atom. The summed E-state index contributed by atoms with van der Waals surface area (Å²) in [6.45, 7) is 4.94. The topological polar surface area (TPSA) is 76.8 Å². The molecule has 0 radical (unpaired) electrons. The summed E-state index contributed by atoms with van der Waals surface area (Å²) < 4.78 is 0. The van der Waals surface area contributed by atoms with E-state index in [1.165, 1.54) is 5.57 Å². The summed E-state index contributed by atoms with van der Waals surface area (Å²) in [4.78, 5) is 9.24. The molecule has 0 saturated heterocycles. The van der Waals surface area contributed by atoms with Gasteiger partial charge in [-0.15, -0.1) is 12.4 Å².